The van der Waals surface area contributed by atoms with Gasteiger partial charge in [0.2, 0.25) is 0 Å². The van der Waals surface area contributed by atoms with Gasteiger partial charge >= 0.3 is 0 Å². The molecule has 3 aromatic carbocycles. The van der Waals surface area contributed by atoms with Crippen molar-refractivity contribution in [2.24, 2.45) is 0 Å². The molecule has 1 N–H and O–H groups in total. The van der Waals surface area contributed by atoms with E-state index in [4.69, 9.17) is 23.2 Å². The van der Waals surface area contributed by atoms with E-state index in [0.29, 0.717) is 15.6 Å². The first-order chi connectivity index (χ1) is 9.66. The molecular formula is C17H12Cl2O. The predicted octanol–water partition coefficient (Wildman–Crippen LogP) is 5.23. The third-order valence-electron chi connectivity index (χ3n) is 3.38. The smallest absolute Gasteiger partial charge is 0.106 e. The molecule has 100 valence electrons. The molecule has 0 heterocycles. The zero-order valence-electron chi connectivity index (χ0n) is 10.6. The van der Waals surface area contributed by atoms with Crippen molar-refractivity contribution >= 4 is 34.0 Å². The van der Waals surface area contributed by atoms with Crippen molar-refractivity contribution < 1.29 is 5.11 Å². The second-order valence-corrected chi connectivity index (χ2v) is 5.48. The monoisotopic (exact) mass is 302 g/mol. The molecule has 0 spiro atoms. The lowest BCUT2D eigenvalue weighted by Gasteiger charge is -2.15. The molecule has 3 heteroatoms. The Morgan fingerprint density at radius 3 is 2.35 bits per heavy atom. The minimum absolute atomic E-state index is 0.470. The molecule has 0 amide bonds. The van der Waals surface area contributed by atoms with Gasteiger partial charge in [-0.25, -0.2) is 0 Å². The molecule has 0 bridgehead atoms. The largest absolute Gasteiger partial charge is 0.384 e. The Kier molecular flexibility index (Phi) is 3.66. The molecule has 20 heavy (non-hydrogen) atoms. The number of hydrogen-bond donors (Lipinski definition) is 1. The van der Waals surface area contributed by atoms with Crippen LogP contribution in [0.5, 0.6) is 0 Å². The van der Waals surface area contributed by atoms with Crippen LogP contribution in [-0.4, -0.2) is 5.11 Å². The van der Waals surface area contributed by atoms with Gasteiger partial charge in [0.25, 0.3) is 0 Å². The van der Waals surface area contributed by atoms with E-state index in [2.05, 4.69) is 0 Å². The topological polar surface area (TPSA) is 20.2 Å². The van der Waals surface area contributed by atoms with Crippen LogP contribution in [0.3, 0.4) is 0 Å². The Morgan fingerprint density at radius 1 is 0.800 bits per heavy atom. The number of fused-ring (bicyclic) bond motifs is 1. The van der Waals surface area contributed by atoms with Crippen LogP contribution in [0.2, 0.25) is 10.0 Å². The lowest BCUT2D eigenvalue weighted by atomic mass is 9.96. The Balaban J connectivity index is 2.15. The third-order valence-corrected chi connectivity index (χ3v) is 3.94. The van der Waals surface area contributed by atoms with E-state index in [1.807, 2.05) is 42.5 Å². The number of aliphatic hydroxyl groups excluding tert-OH is 1. The molecule has 0 saturated carbocycles. The molecule has 0 radical (unpaired) electrons. The average molecular weight is 303 g/mol. The van der Waals surface area contributed by atoms with Gasteiger partial charge in [-0.15, -0.1) is 0 Å². The quantitative estimate of drug-likeness (QED) is 0.687. The minimum Gasteiger partial charge on any atom is -0.384 e. The molecule has 0 aliphatic rings. The van der Waals surface area contributed by atoms with Crippen LogP contribution in [0.25, 0.3) is 10.8 Å². The maximum atomic E-state index is 10.6. The van der Waals surface area contributed by atoms with Gasteiger partial charge in [-0.05, 0) is 28.5 Å². The Labute approximate surface area is 127 Å². The fourth-order valence-corrected chi connectivity index (χ4v) is 2.89. The van der Waals surface area contributed by atoms with Gasteiger partial charge in [0.1, 0.15) is 6.10 Å². The Morgan fingerprint density at radius 2 is 1.55 bits per heavy atom. The van der Waals surface area contributed by atoms with Crippen molar-refractivity contribution in [3.05, 3.63) is 81.8 Å². The lowest BCUT2D eigenvalue weighted by Crippen LogP contribution is -2.01. The van der Waals surface area contributed by atoms with Gasteiger partial charge in [0.15, 0.2) is 0 Å². The number of aliphatic hydroxyl groups is 1. The second kappa shape index (κ2) is 5.45. The Bertz CT molecular complexity index is 763. The summed E-state index contributed by atoms with van der Waals surface area (Å²) in [7, 11) is 0. The van der Waals surface area contributed by atoms with Crippen LogP contribution in [0, 0.1) is 0 Å². The van der Waals surface area contributed by atoms with Crippen molar-refractivity contribution in [3.8, 4) is 0 Å². The summed E-state index contributed by atoms with van der Waals surface area (Å²) >= 11 is 12.1. The zero-order chi connectivity index (χ0) is 14.1. The van der Waals surface area contributed by atoms with E-state index < -0.39 is 6.10 Å². The second-order valence-electron chi connectivity index (χ2n) is 4.64. The number of rotatable bonds is 2. The summed E-state index contributed by atoms with van der Waals surface area (Å²) in [6.07, 6.45) is -0.772. The standard InChI is InChI=1S/C17H12Cl2O/c18-12-8-9-15(16(19)10-12)17(20)14-7-3-5-11-4-1-2-6-13(11)14/h1-10,17,20H/t17-/m1/s1. The lowest BCUT2D eigenvalue weighted by molar-refractivity contribution is 0.222. The summed E-state index contributed by atoms with van der Waals surface area (Å²) < 4.78 is 0. The molecule has 1 atom stereocenters. The summed E-state index contributed by atoms with van der Waals surface area (Å²) in [5, 5.41) is 13.8. The molecule has 0 fully saturated rings. The van der Waals surface area contributed by atoms with Crippen LogP contribution in [0.4, 0.5) is 0 Å². The molecule has 0 aliphatic heterocycles. The SMILES string of the molecule is O[C@@H](c1ccc(Cl)cc1Cl)c1cccc2ccccc12. The minimum atomic E-state index is -0.772. The summed E-state index contributed by atoms with van der Waals surface area (Å²) in [4.78, 5) is 0. The third kappa shape index (κ3) is 2.40. The highest BCUT2D eigenvalue weighted by atomic mass is 35.5. The summed E-state index contributed by atoms with van der Waals surface area (Å²) in [5.41, 5.74) is 1.50. The molecule has 3 aromatic rings. The molecule has 1 nitrogen and oxygen atoms in total. The number of hydrogen-bond acceptors (Lipinski definition) is 1. The van der Waals surface area contributed by atoms with Gasteiger partial charge in [-0.2, -0.15) is 0 Å². The first-order valence-electron chi connectivity index (χ1n) is 6.27. The highest BCUT2D eigenvalue weighted by molar-refractivity contribution is 6.35. The van der Waals surface area contributed by atoms with E-state index in [0.717, 1.165) is 16.3 Å². The van der Waals surface area contributed by atoms with E-state index in [9.17, 15) is 5.11 Å². The first kappa shape index (κ1) is 13.4. The van der Waals surface area contributed by atoms with Gasteiger partial charge in [0, 0.05) is 15.6 Å². The van der Waals surface area contributed by atoms with Crippen LogP contribution < -0.4 is 0 Å². The normalized spacial score (nSPS) is 12.6. The van der Waals surface area contributed by atoms with Gasteiger partial charge in [0.05, 0.1) is 0 Å². The fraction of sp³-hybridized carbons (Fsp3) is 0.0588. The van der Waals surface area contributed by atoms with E-state index in [1.54, 1.807) is 18.2 Å². The average Bonchev–Trinajstić information content (AvgIpc) is 2.46. The van der Waals surface area contributed by atoms with Crippen molar-refractivity contribution in [1.29, 1.82) is 0 Å². The highest BCUT2D eigenvalue weighted by Crippen LogP contribution is 2.33. The van der Waals surface area contributed by atoms with E-state index >= 15 is 0 Å². The summed E-state index contributed by atoms with van der Waals surface area (Å²) in [6, 6.07) is 19.0. The van der Waals surface area contributed by atoms with E-state index in [-0.39, 0.29) is 0 Å². The van der Waals surface area contributed by atoms with Gasteiger partial charge in [-0.1, -0.05) is 71.7 Å². The molecule has 0 saturated heterocycles. The molecule has 0 aromatic heterocycles. The first-order valence-corrected chi connectivity index (χ1v) is 7.03. The van der Waals surface area contributed by atoms with Crippen molar-refractivity contribution in [2.45, 2.75) is 6.10 Å². The Hall–Kier alpha value is -1.54. The number of halogens is 2. The van der Waals surface area contributed by atoms with Crippen molar-refractivity contribution in [2.75, 3.05) is 0 Å². The fourth-order valence-electron chi connectivity index (χ4n) is 2.38. The van der Waals surface area contributed by atoms with Crippen molar-refractivity contribution in [3.63, 3.8) is 0 Å². The highest BCUT2D eigenvalue weighted by Gasteiger charge is 2.16. The van der Waals surface area contributed by atoms with Crippen LogP contribution in [0.15, 0.2) is 60.7 Å². The number of benzene rings is 3. The molecule has 0 aliphatic carbocycles. The van der Waals surface area contributed by atoms with Crippen molar-refractivity contribution in [1.82, 2.24) is 0 Å². The van der Waals surface area contributed by atoms with Crippen LogP contribution in [0.1, 0.15) is 17.2 Å². The maximum absolute atomic E-state index is 10.6. The molecular weight excluding hydrogens is 291 g/mol. The summed E-state index contributed by atoms with van der Waals surface area (Å²) in [5.74, 6) is 0. The molecule has 0 unspecified atom stereocenters. The maximum Gasteiger partial charge on any atom is 0.106 e. The van der Waals surface area contributed by atoms with Crippen LogP contribution >= 0.6 is 23.2 Å². The zero-order valence-corrected chi connectivity index (χ0v) is 12.1. The summed E-state index contributed by atoms with van der Waals surface area (Å²) in [6.45, 7) is 0. The predicted molar refractivity (Wildman–Crippen MR) is 84.5 cm³/mol. The van der Waals surface area contributed by atoms with Gasteiger partial charge < -0.3 is 5.11 Å². The van der Waals surface area contributed by atoms with E-state index in [1.165, 1.54) is 0 Å². The molecule has 3 rings (SSSR count). The van der Waals surface area contributed by atoms with Crippen LogP contribution in [-0.2, 0) is 0 Å². The van der Waals surface area contributed by atoms with Gasteiger partial charge in [-0.3, -0.25) is 0 Å².